The van der Waals surface area contributed by atoms with Crippen molar-refractivity contribution in [3.63, 3.8) is 0 Å². The monoisotopic (exact) mass is 382 g/mol. The van der Waals surface area contributed by atoms with Gasteiger partial charge in [-0.25, -0.2) is 10.5 Å². The summed E-state index contributed by atoms with van der Waals surface area (Å²) in [6.45, 7) is 0. The smallest absolute Gasteiger partial charge is 0.165 e. The molecule has 4 heteroatoms. The molecule has 29 heavy (non-hydrogen) atoms. The summed E-state index contributed by atoms with van der Waals surface area (Å²) in [5.74, 6) is 0.764. The molecule has 2 N–H and O–H groups in total. The van der Waals surface area contributed by atoms with Crippen molar-refractivity contribution >= 4 is 0 Å². The van der Waals surface area contributed by atoms with Crippen LogP contribution in [0.25, 0.3) is 11.1 Å². The largest absolute Gasteiger partial charge is 0.340 e. The topological polar surface area (TPSA) is 58.9 Å². The minimum atomic E-state index is -0.546. The molecule has 0 saturated heterocycles. The minimum absolute atomic E-state index is 0.382. The van der Waals surface area contributed by atoms with Crippen LogP contribution < -0.4 is 9.78 Å². The molecule has 0 fully saturated rings. The Bertz CT molecular complexity index is 1070. The highest BCUT2D eigenvalue weighted by Crippen LogP contribution is 2.56. The van der Waals surface area contributed by atoms with Gasteiger partial charge in [0.05, 0.1) is 5.41 Å². The Kier molecular flexibility index (Phi) is 4.09. The van der Waals surface area contributed by atoms with E-state index in [0.29, 0.717) is 11.5 Å². The van der Waals surface area contributed by atoms with Crippen molar-refractivity contribution < 1.29 is 20.3 Å². The molecule has 0 heterocycles. The molecule has 5 rings (SSSR count). The predicted molar refractivity (Wildman–Crippen MR) is 110 cm³/mol. The molecule has 0 aliphatic heterocycles. The van der Waals surface area contributed by atoms with Crippen LogP contribution in [0.15, 0.2) is 97.1 Å². The summed E-state index contributed by atoms with van der Waals surface area (Å²) in [4.78, 5) is 8.79. The van der Waals surface area contributed by atoms with Gasteiger partial charge in [0.2, 0.25) is 0 Å². The Morgan fingerprint density at radius 2 is 0.862 bits per heavy atom. The summed E-state index contributed by atoms with van der Waals surface area (Å²) in [6.07, 6.45) is 0. The van der Waals surface area contributed by atoms with Gasteiger partial charge < -0.3 is 9.78 Å². The predicted octanol–water partition coefficient (Wildman–Crippen LogP) is 5.75. The van der Waals surface area contributed by atoms with Crippen LogP contribution in [-0.4, -0.2) is 10.5 Å². The highest BCUT2D eigenvalue weighted by Gasteiger charge is 2.45. The molecule has 0 saturated carbocycles. The maximum atomic E-state index is 9.01. The third kappa shape index (κ3) is 2.47. The van der Waals surface area contributed by atoms with Gasteiger partial charge in [-0.1, -0.05) is 72.8 Å². The second-order valence-corrected chi connectivity index (χ2v) is 7.07. The van der Waals surface area contributed by atoms with Gasteiger partial charge >= 0.3 is 0 Å². The first-order valence-corrected chi connectivity index (χ1v) is 9.32. The van der Waals surface area contributed by atoms with Gasteiger partial charge in [0.1, 0.15) is 0 Å². The van der Waals surface area contributed by atoms with E-state index in [-0.39, 0.29) is 0 Å². The lowest BCUT2D eigenvalue weighted by atomic mass is 9.68. The van der Waals surface area contributed by atoms with Gasteiger partial charge in [-0.2, -0.15) is 0 Å². The summed E-state index contributed by atoms with van der Waals surface area (Å²) in [5, 5.41) is 18.0. The standard InChI is InChI=1S/C25H18O4/c26-28-19-13-9-17(10-14-19)25(18-11-15-20(29-27)16-12-18)23-7-3-1-5-21(23)22-6-2-4-8-24(22)25/h1-16,26-27H. The van der Waals surface area contributed by atoms with E-state index in [1.165, 1.54) is 22.3 Å². The number of rotatable bonds is 4. The van der Waals surface area contributed by atoms with Crippen molar-refractivity contribution in [1.82, 2.24) is 0 Å². The third-order valence-corrected chi connectivity index (χ3v) is 5.74. The molecule has 0 unspecified atom stereocenters. The van der Waals surface area contributed by atoms with Crippen molar-refractivity contribution in [3.8, 4) is 22.6 Å². The molecule has 0 atom stereocenters. The Labute approximate surface area is 168 Å². The van der Waals surface area contributed by atoms with Crippen molar-refractivity contribution in [2.75, 3.05) is 0 Å². The Hall–Kier alpha value is -3.60. The molecule has 0 spiro atoms. The number of benzene rings is 4. The third-order valence-electron chi connectivity index (χ3n) is 5.74. The minimum Gasteiger partial charge on any atom is -0.340 e. The first-order chi connectivity index (χ1) is 14.3. The van der Waals surface area contributed by atoms with Crippen LogP contribution >= 0.6 is 0 Å². The van der Waals surface area contributed by atoms with Crippen LogP contribution in [0.1, 0.15) is 22.3 Å². The highest BCUT2D eigenvalue weighted by molar-refractivity contribution is 5.86. The van der Waals surface area contributed by atoms with Crippen LogP contribution in [0, 0.1) is 0 Å². The molecule has 0 aromatic heterocycles. The fourth-order valence-electron chi connectivity index (χ4n) is 4.56. The molecule has 4 nitrogen and oxygen atoms in total. The summed E-state index contributed by atoms with van der Waals surface area (Å²) in [6, 6.07) is 31.7. The van der Waals surface area contributed by atoms with Crippen LogP contribution in [0.3, 0.4) is 0 Å². The van der Waals surface area contributed by atoms with Crippen LogP contribution in [0.4, 0.5) is 0 Å². The maximum Gasteiger partial charge on any atom is 0.165 e. The second-order valence-electron chi connectivity index (χ2n) is 7.07. The van der Waals surface area contributed by atoms with Crippen molar-refractivity contribution in [2.24, 2.45) is 0 Å². The Morgan fingerprint density at radius 1 is 0.483 bits per heavy atom. The van der Waals surface area contributed by atoms with Gasteiger partial charge in [-0.15, -0.1) is 0 Å². The van der Waals surface area contributed by atoms with E-state index in [1.807, 2.05) is 24.3 Å². The normalized spacial score (nSPS) is 13.4. The number of hydrogen-bond donors (Lipinski definition) is 2. The van der Waals surface area contributed by atoms with Gasteiger partial charge in [-0.3, -0.25) is 0 Å². The first-order valence-electron chi connectivity index (χ1n) is 9.32. The lowest BCUT2D eigenvalue weighted by Gasteiger charge is -2.33. The lowest BCUT2D eigenvalue weighted by Crippen LogP contribution is -2.28. The molecule has 4 aromatic rings. The zero-order valence-electron chi connectivity index (χ0n) is 15.4. The zero-order chi connectivity index (χ0) is 19.8. The summed E-state index contributed by atoms with van der Waals surface area (Å²) in [5.41, 5.74) is 6.28. The molecule has 142 valence electrons. The van der Waals surface area contributed by atoms with E-state index in [2.05, 4.69) is 58.3 Å². The summed E-state index contributed by atoms with van der Waals surface area (Å²) < 4.78 is 0. The molecule has 0 amide bonds. The van der Waals surface area contributed by atoms with Gasteiger partial charge in [0.25, 0.3) is 0 Å². The highest BCUT2D eigenvalue weighted by atomic mass is 17.1. The van der Waals surface area contributed by atoms with E-state index in [4.69, 9.17) is 10.5 Å². The van der Waals surface area contributed by atoms with E-state index in [9.17, 15) is 0 Å². The average molecular weight is 382 g/mol. The van der Waals surface area contributed by atoms with Crippen molar-refractivity contribution in [3.05, 3.63) is 119 Å². The second kappa shape index (κ2) is 6.78. The fraction of sp³-hybridized carbons (Fsp3) is 0.0400. The molecule has 0 bridgehead atoms. The molecule has 1 aliphatic rings. The Morgan fingerprint density at radius 3 is 1.24 bits per heavy atom. The SMILES string of the molecule is OOc1ccc(C2(c3ccc(OO)cc3)c3ccccc3-c3ccccc32)cc1. The van der Waals surface area contributed by atoms with Crippen molar-refractivity contribution in [1.29, 1.82) is 0 Å². The molecule has 1 aliphatic carbocycles. The van der Waals surface area contributed by atoms with E-state index >= 15 is 0 Å². The molecule has 0 radical (unpaired) electrons. The molecular weight excluding hydrogens is 364 g/mol. The summed E-state index contributed by atoms with van der Waals surface area (Å²) in [7, 11) is 0. The molecule has 4 aromatic carbocycles. The quantitative estimate of drug-likeness (QED) is 0.307. The zero-order valence-corrected chi connectivity index (χ0v) is 15.4. The van der Waals surface area contributed by atoms with Gasteiger partial charge in [0, 0.05) is 0 Å². The first kappa shape index (κ1) is 17.5. The Balaban J connectivity index is 1.88. The maximum absolute atomic E-state index is 9.01. The van der Waals surface area contributed by atoms with Gasteiger partial charge in [-0.05, 0) is 57.6 Å². The van der Waals surface area contributed by atoms with Crippen molar-refractivity contribution in [2.45, 2.75) is 5.41 Å². The van der Waals surface area contributed by atoms with Crippen LogP contribution in [0.5, 0.6) is 11.5 Å². The average Bonchev–Trinajstić information content (AvgIpc) is 3.11. The van der Waals surface area contributed by atoms with E-state index in [0.717, 1.165) is 11.1 Å². The number of hydrogen-bond acceptors (Lipinski definition) is 4. The van der Waals surface area contributed by atoms with Gasteiger partial charge in [0.15, 0.2) is 11.5 Å². The van der Waals surface area contributed by atoms with E-state index in [1.54, 1.807) is 24.3 Å². The van der Waals surface area contributed by atoms with Crippen LogP contribution in [-0.2, 0) is 5.41 Å². The lowest BCUT2D eigenvalue weighted by molar-refractivity contribution is -0.137. The number of fused-ring (bicyclic) bond motifs is 3. The summed E-state index contributed by atoms with van der Waals surface area (Å²) >= 11 is 0. The van der Waals surface area contributed by atoms with Crippen LogP contribution in [0.2, 0.25) is 0 Å². The molecular formula is C25H18O4. The van der Waals surface area contributed by atoms with E-state index < -0.39 is 5.41 Å². The fourth-order valence-corrected chi connectivity index (χ4v) is 4.56.